The van der Waals surface area contributed by atoms with Gasteiger partial charge >= 0.3 is 6.09 Å². The zero-order valence-electron chi connectivity index (χ0n) is 10.6. The summed E-state index contributed by atoms with van der Waals surface area (Å²) in [5.74, 6) is -0.652. The third-order valence-electron chi connectivity index (χ3n) is 1.94. The molecular formula is C12H17N3O3. The maximum atomic E-state index is 11.6. The van der Waals surface area contributed by atoms with E-state index < -0.39 is 17.6 Å². The monoisotopic (exact) mass is 251 g/mol. The zero-order chi connectivity index (χ0) is 13.9. The minimum absolute atomic E-state index is 0.176. The largest absolute Gasteiger partial charge is 0.444 e. The molecule has 0 radical (unpaired) electrons. The first-order valence-corrected chi connectivity index (χ1v) is 5.38. The number of benzene rings is 1. The standard InChI is InChI=1S/C12H17N3O3/c1-12(2,3)18-11(17)15-9-6-7(13)4-5-8(9)10(14)16/h4-6H,13H2,1-3H3,(H2,14,16)(H,15,17). The second-order valence-corrected chi connectivity index (χ2v) is 4.80. The van der Waals surface area contributed by atoms with Crippen LogP contribution in [0.1, 0.15) is 31.1 Å². The Kier molecular flexibility index (Phi) is 3.80. The van der Waals surface area contributed by atoms with Crippen molar-refractivity contribution >= 4 is 23.4 Å². The quantitative estimate of drug-likeness (QED) is 0.695. The molecule has 0 spiro atoms. The van der Waals surface area contributed by atoms with Crippen LogP contribution in [-0.4, -0.2) is 17.6 Å². The molecule has 1 aromatic carbocycles. The number of hydrogen-bond acceptors (Lipinski definition) is 4. The van der Waals surface area contributed by atoms with Gasteiger partial charge in [-0.1, -0.05) is 0 Å². The number of nitrogens with two attached hydrogens (primary N) is 2. The molecule has 5 N–H and O–H groups in total. The van der Waals surface area contributed by atoms with Gasteiger partial charge in [-0.2, -0.15) is 0 Å². The van der Waals surface area contributed by atoms with Gasteiger partial charge in [0.2, 0.25) is 0 Å². The highest BCUT2D eigenvalue weighted by atomic mass is 16.6. The molecule has 0 aliphatic heterocycles. The van der Waals surface area contributed by atoms with Gasteiger partial charge in [0.05, 0.1) is 11.3 Å². The Bertz CT molecular complexity index is 478. The summed E-state index contributed by atoms with van der Waals surface area (Å²) in [6.07, 6.45) is -0.671. The van der Waals surface area contributed by atoms with E-state index in [4.69, 9.17) is 16.2 Å². The van der Waals surface area contributed by atoms with Gasteiger partial charge in [-0.15, -0.1) is 0 Å². The number of hydrogen-bond donors (Lipinski definition) is 3. The van der Waals surface area contributed by atoms with E-state index in [2.05, 4.69) is 5.32 Å². The lowest BCUT2D eigenvalue weighted by Gasteiger charge is -2.20. The predicted molar refractivity (Wildman–Crippen MR) is 69.2 cm³/mol. The van der Waals surface area contributed by atoms with Crippen molar-refractivity contribution in [2.45, 2.75) is 26.4 Å². The molecule has 0 aliphatic carbocycles. The smallest absolute Gasteiger partial charge is 0.412 e. The molecule has 0 heterocycles. The maximum absolute atomic E-state index is 11.6. The van der Waals surface area contributed by atoms with E-state index in [0.29, 0.717) is 5.69 Å². The highest BCUT2D eigenvalue weighted by molar-refractivity contribution is 6.02. The van der Waals surface area contributed by atoms with Crippen molar-refractivity contribution < 1.29 is 14.3 Å². The molecular weight excluding hydrogens is 234 g/mol. The summed E-state index contributed by atoms with van der Waals surface area (Å²) >= 11 is 0. The molecule has 1 rings (SSSR count). The lowest BCUT2D eigenvalue weighted by molar-refractivity contribution is 0.0636. The Morgan fingerprint density at radius 1 is 1.28 bits per heavy atom. The van der Waals surface area contributed by atoms with Crippen LogP contribution in [0.25, 0.3) is 0 Å². The molecule has 6 nitrogen and oxygen atoms in total. The van der Waals surface area contributed by atoms with E-state index in [9.17, 15) is 9.59 Å². The summed E-state index contributed by atoms with van der Waals surface area (Å²) in [7, 11) is 0. The van der Waals surface area contributed by atoms with Crippen molar-refractivity contribution in [2.24, 2.45) is 5.73 Å². The number of amides is 2. The van der Waals surface area contributed by atoms with Crippen molar-refractivity contribution in [3.63, 3.8) is 0 Å². The predicted octanol–water partition coefficient (Wildman–Crippen LogP) is 1.71. The van der Waals surface area contributed by atoms with Crippen molar-refractivity contribution in [3.8, 4) is 0 Å². The fraction of sp³-hybridized carbons (Fsp3) is 0.333. The SMILES string of the molecule is CC(C)(C)OC(=O)Nc1cc(N)ccc1C(N)=O. The Morgan fingerprint density at radius 3 is 2.39 bits per heavy atom. The number of ether oxygens (including phenoxy) is 1. The molecule has 0 aliphatic rings. The summed E-state index contributed by atoms with van der Waals surface area (Å²) in [6, 6.07) is 4.43. The highest BCUT2D eigenvalue weighted by Crippen LogP contribution is 2.20. The van der Waals surface area contributed by atoms with E-state index in [-0.39, 0.29) is 11.3 Å². The number of rotatable bonds is 2. The molecule has 18 heavy (non-hydrogen) atoms. The van der Waals surface area contributed by atoms with Gasteiger partial charge in [0, 0.05) is 5.69 Å². The van der Waals surface area contributed by atoms with Gasteiger partial charge in [-0.05, 0) is 39.0 Å². The van der Waals surface area contributed by atoms with Crippen LogP contribution < -0.4 is 16.8 Å². The number of carbonyl (C=O) groups excluding carboxylic acids is 2. The molecule has 0 bridgehead atoms. The van der Waals surface area contributed by atoms with Gasteiger partial charge in [-0.25, -0.2) is 4.79 Å². The van der Waals surface area contributed by atoms with Gasteiger partial charge in [-0.3, -0.25) is 10.1 Å². The minimum atomic E-state index is -0.671. The number of carbonyl (C=O) groups is 2. The fourth-order valence-electron chi connectivity index (χ4n) is 1.29. The second-order valence-electron chi connectivity index (χ2n) is 4.80. The van der Waals surface area contributed by atoms with Gasteiger partial charge in [0.1, 0.15) is 5.60 Å². The molecule has 0 fully saturated rings. The lowest BCUT2D eigenvalue weighted by atomic mass is 10.1. The molecule has 0 unspecified atom stereocenters. The topological polar surface area (TPSA) is 107 Å². The average Bonchev–Trinajstić information content (AvgIpc) is 2.13. The minimum Gasteiger partial charge on any atom is -0.444 e. The van der Waals surface area contributed by atoms with Crippen LogP contribution in [0.15, 0.2) is 18.2 Å². The molecule has 2 amide bonds. The average molecular weight is 251 g/mol. The Morgan fingerprint density at radius 2 is 1.89 bits per heavy atom. The van der Waals surface area contributed by atoms with E-state index in [1.54, 1.807) is 20.8 Å². The summed E-state index contributed by atoms with van der Waals surface area (Å²) in [6.45, 7) is 5.21. The highest BCUT2D eigenvalue weighted by Gasteiger charge is 2.18. The van der Waals surface area contributed by atoms with E-state index in [1.165, 1.54) is 18.2 Å². The second kappa shape index (κ2) is 4.95. The van der Waals surface area contributed by atoms with Crippen LogP contribution in [0, 0.1) is 0 Å². The van der Waals surface area contributed by atoms with E-state index >= 15 is 0 Å². The Labute approximate surface area is 105 Å². The molecule has 6 heteroatoms. The lowest BCUT2D eigenvalue weighted by Crippen LogP contribution is -2.28. The number of nitrogen functional groups attached to an aromatic ring is 1. The van der Waals surface area contributed by atoms with Crippen molar-refractivity contribution in [2.75, 3.05) is 11.1 Å². The first-order chi connectivity index (χ1) is 8.19. The van der Waals surface area contributed by atoms with Crippen molar-refractivity contribution in [3.05, 3.63) is 23.8 Å². The summed E-state index contributed by atoms with van der Waals surface area (Å²) < 4.78 is 5.07. The van der Waals surface area contributed by atoms with Crippen LogP contribution in [-0.2, 0) is 4.74 Å². The molecule has 98 valence electrons. The first-order valence-electron chi connectivity index (χ1n) is 5.38. The van der Waals surface area contributed by atoms with Crippen LogP contribution >= 0.6 is 0 Å². The van der Waals surface area contributed by atoms with Crippen LogP contribution in [0.4, 0.5) is 16.2 Å². The maximum Gasteiger partial charge on any atom is 0.412 e. The molecule has 1 aromatic rings. The normalized spacial score (nSPS) is 10.8. The molecule has 0 aromatic heterocycles. The fourth-order valence-corrected chi connectivity index (χ4v) is 1.29. The molecule has 0 saturated carbocycles. The molecule has 0 atom stereocenters. The van der Waals surface area contributed by atoms with Crippen molar-refractivity contribution in [1.29, 1.82) is 0 Å². The third kappa shape index (κ3) is 3.97. The number of anilines is 2. The van der Waals surface area contributed by atoms with Crippen LogP contribution in [0.2, 0.25) is 0 Å². The van der Waals surface area contributed by atoms with E-state index in [0.717, 1.165) is 0 Å². The number of nitrogens with one attached hydrogen (secondary N) is 1. The Hall–Kier alpha value is -2.24. The summed E-state index contributed by atoms with van der Waals surface area (Å²) in [4.78, 5) is 22.8. The van der Waals surface area contributed by atoms with Gasteiger partial charge in [0.15, 0.2) is 0 Å². The van der Waals surface area contributed by atoms with Crippen LogP contribution in [0.3, 0.4) is 0 Å². The van der Waals surface area contributed by atoms with Gasteiger partial charge in [0.25, 0.3) is 5.91 Å². The summed E-state index contributed by atoms with van der Waals surface area (Å²) in [5.41, 5.74) is 11.0. The molecule has 0 saturated heterocycles. The van der Waals surface area contributed by atoms with Gasteiger partial charge < -0.3 is 16.2 Å². The number of primary amides is 1. The van der Waals surface area contributed by atoms with Crippen LogP contribution in [0.5, 0.6) is 0 Å². The zero-order valence-corrected chi connectivity index (χ0v) is 10.6. The Balaban J connectivity index is 2.93. The van der Waals surface area contributed by atoms with E-state index in [1.807, 2.05) is 0 Å². The third-order valence-corrected chi connectivity index (χ3v) is 1.94. The van der Waals surface area contributed by atoms with Crippen molar-refractivity contribution in [1.82, 2.24) is 0 Å². The summed E-state index contributed by atoms with van der Waals surface area (Å²) in [5, 5.41) is 2.45. The first kappa shape index (κ1) is 13.8.